The Kier molecular flexibility index (Phi) is 5.71. The van der Waals surface area contributed by atoms with Crippen molar-refractivity contribution in [3.8, 4) is 5.75 Å². The number of methoxy groups -OCH3 is 1. The van der Waals surface area contributed by atoms with Gasteiger partial charge in [-0.1, -0.05) is 12.1 Å². The van der Waals surface area contributed by atoms with E-state index in [-0.39, 0.29) is 17.8 Å². The first-order valence-electron chi connectivity index (χ1n) is 7.39. The molecule has 4 nitrogen and oxygen atoms in total. The van der Waals surface area contributed by atoms with Crippen LogP contribution >= 0.6 is 0 Å². The molecular formula is C18H21FN2O2. The summed E-state index contributed by atoms with van der Waals surface area (Å²) < 4.78 is 18.1. The van der Waals surface area contributed by atoms with Gasteiger partial charge in [0.25, 0.3) is 0 Å². The van der Waals surface area contributed by atoms with Gasteiger partial charge in [-0.05, 0) is 55.9 Å². The molecule has 0 heterocycles. The first-order valence-corrected chi connectivity index (χ1v) is 7.39. The van der Waals surface area contributed by atoms with Crippen LogP contribution in [-0.4, -0.2) is 31.0 Å². The number of benzene rings is 2. The number of nitrogens with zero attached hydrogens (tertiary/aromatic N) is 1. The molecule has 0 bridgehead atoms. The number of rotatable bonds is 6. The molecule has 0 radical (unpaired) electrons. The molecule has 1 amide bonds. The molecule has 2 rings (SSSR count). The van der Waals surface area contributed by atoms with Gasteiger partial charge >= 0.3 is 0 Å². The van der Waals surface area contributed by atoms with Gasteiger partial charge in [-0.25, -0.2) is 4.39 Å². The Bertz CT molecular complexity index is 658. The molecule has 0 saturated heterocycles. The largest absolute Gasteiger partial charge is 0.497 e. The molecule has 0 aliphatic carbocycles. The number of hydrogen-bond donors (Lipinski definition) is 1. The highest BCUT2D eigenvalue weighted by Gasteiger charge is 2.18. The van der Waals surface area contributed by atoms with Crippen molar-refractivity contribution in [2.24, 2.45) is 0 Å². The number of carbonyl (C=O) groups is 1. The monoisotopic (exact) mass is 316 g/mol. The zero-order chi connectivity index (χ0) is 16.8. The number of nitrogens with one attached hydrogen (secondary N) is 1. The van der Waals surface area contributed by atoms with Crippen molar-refractivity contribution in [1.82, 2.24) is 4.90 Å². The zero-order valence-corrected chi connectivity index (χ0v) is 13.5. The van der Waals surface area contributed by atoms with E-state index in [9.17, 15) is 9.18 Å². The minimum Gasteiger partial charge on any atom is -0.497 e. The van der Waals surface area contributed by atoms with E-state index in [0.29, 0.717) is 12.2 Å². The molecule has 0 unspecified atom stereocenters. The lowest BCUT2D eigenvalue weighted by molar-refractivity contribution is -0.120. The smallest absolute Gasteiger partial charge is 0.241 e. The summed E-state index contributed by atoms with van der Waals surface area (Å²) >= 11 is 0. The van der Waals surface area contributed by atoms with Crippen molar-refractivity contribution in [1.29, 1.82) is 0 Å². The highest BCUT2D eigenvalue weighted by Crippen LogP contribution is 2.15. The lowest BCUT2D eigenvalue weighted by atomic mass is 10.1. The molecule has 23 heavy (non-hydrogen) atoms. The van der Waals surface area contributed by atoms with E-state index < -0.39 is 0 Å². The minimum atomic E-state index is -0.328. The Hall–Kier alpha value is -2.40. The van der Waals surface area contributed by atoms with E-state index in [0.717, 1.165) is 11.3 Å². The van der Waals surface area contributed by atoms with Gasteiger partial charge in [-0.2, -0.15) is 0 Å². The summed E-state index contributed by atoms with van der Waals surface area (Å²) in [4.78, 5) is 14.2. The van der Waals surface area contributed by atoms with Crippen LogP contribution in [0.5, 0.6) is 5.75 Å². The summed E-state index contributed by atoms with van der Waals surface area (Å²) in [6.07, 6.45) is 0. The zero-order valence-electron chi connectivity index (χ0n) is 13.5. The number of halogens is 1. The lowest BCUT2D eigenvalue weighted by Gasteiger charge is -2.24. The van der Waals surface area contributed by atoms with Crippen LogP contribution in [0.3, 0.4) is 0 Å². The summed E-state index contributed by atoms with van der Waals surface area (Å²) in [5, 5.41) is 2.79. The van der Waals surface area contributed by atoms with Crippen LogP contribution in [0.4, 0.5) is 10.1 Å². The van der Waals surface area contributed by atoms with Gasteiger partial charge in [-0.3, -0.25) is 9.69 Å². The number of hydrogen-bond acceptors (Lipinski definition) is 3. The maximum atomic E-state index is 12.9. The van der Waals surface area contributed by atoms with E-state index in [2.05, 4.69) is 5.32 Å². The molecule has 2 aromatic rings. The van der Waals surface area contributed by atoms with E-state index in [4.69, 9.17) is 4.74 Å². The van der Waals surface area contributed by atoms with Crippen LogP contribution < -0.4 is 10.1 Å². The highest BCUT2D eigenvalue weighted by molar-refractivity contribution is 5.94. The molecule has 122 valence electrons. The van der Waals surface area contributed by atoms with E-state index in [1.54, 1.807) is 19.2 Å². The summed E-state index contributed by atoms with van der Waals surface area (Å²) in [5.41, 5.74) is 1.64. The van der Waals surface area contributed by atoms with Crippen LogP contribution in [0.25, 0.3) is 0 Å². The average molecular weight is 316 g/mol. The van der Waals surface area contributed by atoms with E-state index in [1.165, 1.54) is 12.1 Å². The van der Waals surface area contributed by atoms with Crippen molar-refractivity contribution in [3.63, 3.8) is 0 Å². The molecule has 0 aliphatic rings. The van der Waals surface area contributed by atoms with Gasteiger partial charge < -0.3 is 10.1 Å². The lowest BCUT2D eigenvalue weighted by Crippen LogP contribution is -2.39. The van der Waals surface area contributed by atoms with Gasteiger partial charge in [-0.15, -0.1) is 0 Å². The van der Waals surface area contributed by atoms with Gasteiger partial charge in [0.2, 0.25) is 5.91 Å². The quantitative estimate of drug-likeness (QED) is 0.889. The van der Waals surface area contributed by atoms with Gasteiger partial charge in [0, 0.05) is 12.2 Å². The number of ether oxygens (including phenoxy) is 1. The maximum Gasteiger partial charge on any atom is 0.241 e. The third kappa shape index (κ3) is 4.79. The number of amides is 1. The number of anilines is 1. The SMILES string of the molecule is COc1cccc(CN(C)[C@@H](C)C(=O)Nc2ccc(F)cc2)c1. The molecule has 1 N–H and O–H groups in total. The third-order valence-electron chi connectivity index (χ3n) is 3.72. The standard InChI is InChI=1S/C18H21FN2O2/c1-13(18(22)20-16-9-7-15(19)8-10-16)21(2)12-14-5-4-6-17(11-14)23-3/h4-11,13H,12H2,1-3H3,(H,20,22)/t13-/m0/s1. The second-order valence-corrected chi connectivity index (χ2v) is 5.44. The highest BCUT2D eigenvalue weighted by atomic mass is 19.1. The number of likely N-dealkylation sites (N-methyl/N-ethyl adjacent to an activating group) is 1. The Morgan fingerprint density at radius 1 is 1.26 bits per heavy atom. The topological polar surface area (TPSA) is 41.6 Å². The summed E-state index contributed by atoms with van der Waals surface area (Å²) in [6.45, 7) is 2.45. The van der Waals surface area contributed by atoms with Crippen LogP contribution in [0.2, 0.25) is 0 Å². The third-order valence-corrected chi connectivity index (χ3v) is 3.72. The van der Waals surface area contributed by atoms with Crippen molar-refractivity contribution in [2.45, 2.75) is 19.5 Å². The Morgan fingerprint density at radius 2 is 1.96 bits per heavy atom. The second-order valence-electron chi connectivity index (χ2n) is 5.44. The molecular weight excluding hydrogens is 295 g/mol. The fourth-order valence-electron chi connectivity index (χ4n) is 2.18. The van der Waals surface area contributed by atoms with Crippen LogP contribution in [-0.2, 0) is 11.3 Å². The van der Waals surface area contributed by atoms with Crippen molar-refractivity contribution < 1.29 is 13.9 Å². The predicted molar refractivity (Wildman–Crippen MR) is 89.0 cm³/mol. The normalized spacial score (nSPS) is 12.0. The molecule has 0 spiro atoms. The second kappa shape index (κ2) is 7.74. The van der Waals surface area contributed by atoms with Gasteiger partial charge in [0.1, 0.15) is 11.6 Å². The van der Waals surface area contributed by atoms with Crippen LogP contribution in [0.15, 0.2) is 48.5 Å². The number of carbonyl (C=O) groups excluding carboxylic acids is 1. The summed E-state index contributed by atoms with van der Waals surface area (Å²) in [5.74, 6) is 0.326. The molecule has 0 aliphatic heterocycles. The van der Waals surface area contributed by atoms with Gasteiger partial charge in [0.15, 0.2) is 0 Å². The molecule has 0 fully saturated rings. The molecule has 1 atom stereocenters. The molecule has 2 aromatic carbocycles. The fraction of sp³-hybridized carbons (Fsp3) is 0.278. The average Bonchev–Trinajstić information content (AvgIpc) is 2.56. The van der Waals surface area contributed by atoms with Crippen molar-refractivity contribution >= 4 is 11.6 Å². The Morgan fingerprint density at radius 3 is 2.61 bits per heavy atom. The first-order chi connectivity index (χ1) is 11.0. The maximum absolute atomic E-state index is 12.9. The van der Waals surface area contributed by atoms with Crippen molar-refractivity contribution in [3.05, 3.63) is 59.9 Å². The van der Waals surface area contributed by atoms with Crippen LogP contribution in [0, 0.1) is 5.82 Å². The molecule has 0 saturated carbocycles. The molecule has 0 aromatic heterocycles. The van der Waals surface area contributed by atoms with Crippen molar-refractivity contribution in [2.75, 3.05) is 19.5 Å². The molecule has 5 heteroatoms. The van der Waals surface area contributed by atoms with E-state index in [1.807, 2.05) is 43.1 Å². The van der Waals surface area contributed by atoms with Gasteiger partial charge in [0.05, 0.1) is 13.2 Å². The summed E-state index contributed by atoms with van der Waals surface area (Å²) in [7, 11) is 3.51. The Balaban J connectivity index is 1.96. The fourth-order valence-corrected chi connectivity index (χ4v) is 2.18. The van der Waals surface area contributed by atoms with E-state index >= 15 is 0 Å². The predicted octanol–water partition coefficient (Wildman–Crippen LogP) is 3.29. The first kappa shape index (κ1) is 17.0. The minimum absolute atomic E-state index is 0.137. The van der Waals surface area contributed by atoms with Crippen LogP contribution in [0.1, 0.15) is 12.5 Å². The Labute approximate surface area is 135 Å². The summed E-state index contributed by atoms with van der Waals surface area (Å²) in [6, 6.07) is 13.1.